The highest BCUT2D eigenvalue weighted by atomic mass is 35.5. The Morgan fingerprint density at radius 1 is 1.38 bits per heavy atom. The van der Waals surface area contributed by atoms with Crippen molar-refractivity contribution in [2.75, 3.05) is 0 Å². The van der Waals surface area contributed by atoms with Gasteiger partial charge in [0.05, 0.1) is 0 Å². The maximum absolute atomic E-state index is 10.2. The van der Waals surface area contributed by atoms with E-state index in [0.29, 0.717) is 6.42 Å². The second kappa shape index (κ2) is 4.43. The average molecular weight is 197 g/mol. The zero-order chi connectivity index (χ0) is 9.84. The van der Waals surface area contributed by atoms with Crippen molar-refractivity contribution in [1.82, 2.24) is 0 Å². The molecule has 0 atom stereocenters. The first-order valence-corrected chi connectivity index (χ1v) is 4.72. The van der Waals surface area contributed by atoms with Gasteiger partial charge in [-0.3, -0.25) is 0 Å². The van der Waals surface area contributed by atoms with Gasteiger partial charge in [0.2, 0.25) is 0 Å². The third-order valence-electron chi connectivity index (χ3n) is 2.01. The van der Waals surface area contributed by atoms with Gasteiger partial charge in [0.25, 0.3) is 0 Å². The highest BCUT2D eigenvalue weighted by molar-refractivity contribution is 6.32. The van der Waals surface area contributed by atoms with Gasteiger partial charge in [-0.1, -0.05) is 29.3 Å². The standard InChI is InChI=1S/C11H13ClO/c1-8-6-9(2)11(12)10(7-8)4-3-5-13/h5-7H,3-4H2,1-2H3. The molecule has 0 N–H and O–H groups in total. The van der Waals surface area contributed by atoms with Crippen LogP contribution in [0, 0.1) is 13.8 Å². The van der Waals surface area contributed by atoms with E-state index in [9.17, 15) is 4.79 Å². The Kier molecular flexibility index (Phi) is 3.49. The normalized spacial score (nSPS) is 10.1. The summed E-state index contributed by atoms with van der Waals surface area (Å²) in [5, 5.41) is 0.799. The first-order chi connectivity index (χ1) is 6.15. The van der Waals surface area contributed by atoms with Crippen LogP contribution in [0.5, 0.6) is 0 Å². The van der Waals surface area contributed by atoms with Crippen LogP contribution in [0.2, 0.25) is 5.02 Å². The topological polar surface area (TPSA) is 17.1 Å². The molecule has 0 aliphatic carbocycles. The number of halogens is 1. The van der Waals surface area contributed by atoms with Gasteiger partial charge in [-0.2, -0.15) is 0 Å². The molecule has 0 bridgehead atoms. The van der Waals surface area contributed by atoms with Crippen LogP contribution in [-0.2, 0) is 11.2 Å². The lowest BCUT2D eigenvalue weighted by molar-refractivity contribution is -0.107. The average Bonchev–Trinajstić information content (AvgIpc) is 2.09. The third-order valence-corrected chi connectivity index (χ3v) is 2.55. The van der Waals surface area contributed by atoms with Crippen LogP contribution in [-0.4, -0.2) is 6.29 Å². The lowest BCUT2D eigenvalue weighted by Gasteiger charge is -2.06. The van der Waals surface area contributed by atoms with Crippen molar-refractivity contribution in [1.29, 1.82) is 0 Å². The minimum atomic E-state index is 0.544. The zero-order valence-corrected chi connectivity index (χ0v) is 8.69. The second-order valence-corrected chi connectivity index (χ2v) is 3.64. The quantitative estimate of drug-likeness (QED) is 0.679. The highest BCUT2D eigenvalue weighted by Gasteiger charge is 2.03. The summed E-state index contributed by atoms with van der Waals surface area (Å²) in [6.07, 6.45) is 2.21. The van der Waals surface area contributed by atoms with Crippen molar-refractivity contribution >= 4 is 17.9 Å². The van der Waals surface area contributed by atoms with Crippen LogP contribution < -0.4 is 0 Å². The second-order valence-electron chi connectivity index (χ2n) is 3.26. The van der Waals surface area contributed by atoms with Gasteiger partial charge in [-0.05, 0) is 31.4 Å². The molecular weight excluding hydrogens is 184 g/mol. The van der Waals surface area contributed by atoms with E-state index in [2.05, 4.69) is 0 Å². The zero-order valence-electron chi connectivity index (χ0n) is 7.93. The molecular formula is C11H13ClO. The number of aryl methyl sites for hydroxylation is 3. The monoisotopic (exact) mass is 196 g/mol. The summed E-state index contributed by atoms with van der Waals surface area (Å²) in [7, 11) is 0. The summed E-state index contributed by atoms with van der Waals surface area (Å²) >= 11 is 6.09. The molecule has 0 aromatic heterocycles. The molecule has 0 amide bonds. The number of carbonyl (C=O) groups excluding carboxylic acids is 1. The van der Waals surface area contributed by atoms with Crippen molar-refractivity contribution < 1.29 is 4.79 Å². The lowest BCUT2D eigenvalue weighted by atomic mass is 10.0. The first kappa shape index (κ1) is 10.3. The number of carbonyl (C=O) groups is 1. The van der Waals surface area contributed by atoms with E-state index in [4.69, 9.17) is 11.6 Å². The molecule has 0 saturated heterocycles. The summed E-state index contributed by atoms with van der Waals surface area (Å²) in [6.45, 7) is 4.02. The SMILES string of the molecule is Cc1cc(C)c(Cl)c(CCC=O)c1. The molecule has 2 heteroatoms. The molecule has 70 valence electrons. The molecule has 1 nitrogen and oxygen atoms in total. The molecule has 0 radical (unpaired) electrons. The summed E-state index contributed by atoms with van der Waals surface area (Å²) in [4.78, 5) is 10.2. The van der Waals surface area contributed by atoms with Crippen molar-refractivity contribution in [3.8, 4) is 0 Å². The van der Waals surface area contributed by atoms with Crippen molar-refractivity contribution in [2.45, 2.75) is 26.7 Å². The fraction of sp³-hybridized carbons (Fsp3) is 0.364. The number of benzene rings is 1. The van der Waals surface area contributed by atoms with Crippen LogP contribution in [0.15, 0.2) is 12.1 Å². The number of aldehydes is 1. The van der Waals surface area contributed by atoms with E-state index in [1.165, 1.54) is 5.56 Å². The maximum Gasteiger partial charge on any atom is 0.120 e. The number of hydrogen-bond acceptors (Lipinski definition) is 1. The molecule has 0 aliphatic rings. The van der Waals surface area contributed by atoms with Gasteiger partial charge >= 0.3 is 0 Å². The Morgan fingerprint density at radius 3 is 2.69 bits per heavy atom. The fourth-order valence-corrected chi connectivity index (χ4v) is 1.64. The summed E-state index contributed by atoms with van der Waals surface area (Å²) < 4.78 is 0. The Hall–Kier alpha value is -0.820. The summed E-state index contributed by atoms with van der Waals surface area (Å²) in [5.41, 5.74) is 3.36. The third kappa shape index (κ3) is 2.56. The first-order valence-electron chi connectivity index (χ1n) is 4.34. The molecule has 0 aliphatic heterocycles. The lowest BCUT2D eigenvalue weighted by Crippen LogP contribution is -1.91. The molecule has 0 unspecified atom stereocenters. The largest absolute Gasteiger partial charge is 0.303 e. The van der Waals surface area contributed by atoms with E-state index in [1.54, 1.807) is 0 Å². The van der Waals surface area contributed by atoms with Gasteiger partial charge in [0, 0.05) is 11.4 Å². The van der Waals surface area contributed by atoms with Crippen LogP contribution in [0.4, 0.5) is 0 Å². The molecule has 1 aromatic carbocycles. The van der Waals surface area contributed by atoms with Gasteiger partial charge in [0.15, 0.2) is 0 Å². The van der Waals surface area contributed by atoms with E-state index < -0.39 is 0 Å². The minimum absolute atomic E-state index is 0.544. The van der Waals surface area contributed by atoms with Gasteiger partial charge in [0.1, 0.15) is 6.29 Å². The molecule has 0 heterocycles. The summed E-state index contributed by atoms with van der Waals surface area (Å²) in [6, 6.07) is 4.09. The molecule has 0 fully saturated rings. The Labute approximate surface area is 83.7 Å². The maximum atomic E-state index is 10.2. The van der Waals surface area contributed by atoms with Crippen LogP contribution >= 0.6 is 11.6 Å². The minimum Gasteiger partial charge on any atom is -0.303 e. The summed E-state index contributed by atoms with van der Waals surface area (Å²) in [5.74, 6) is 0. The van der Waals surface area contributed by atoms with E-state index in [-0.39, 0.29) is 0 Å². The molecule has 0 spiro atoms. The molecule has 13 heavy (non-hydrogen) atoms. The number of rotatable bonds is 3. The van der Waals surface area contributed by atoms with Gasteiger partial charge < -0.3 is 4.79 Å². The van der Waals surface area contributed by atoms with Crippen molar-refractivity contribution in [3.05, 3.63) is 33.8 Å². The molecule has 0 saturated carbocycles. The predicted molar refractivity (Wildman–Crippen MR) is 55.3 cm³/mol. The van der Waals surface area contributed by atoms with Gasteiger partial charge in [-0.15, -0.1) is 0 Å². The van der Waals surface area contributed by atoms with E-state index >= 15 is 0 Å². The molecule has 1 rings (SSSR count). The predicted octanol–water partition coefficient (Wildman–Crippen LogP) is 3.09. The van der Waals surface area contributed by atoms with Gasteiger partial charge in [-0.25, -0.2) is 0 Å². The van der Waals surface area contributed by atoms with Crippen molar-refractivity contribution in [3.63, 3.8) is 0 Å². The van der Waals surface area contributed by atoms with Crippen LogP contribution in [0.3, 0.4) is 0 Å². The number of hydrogen-bond donors (Lipinski definition) is 0. The van der Waals surface area contributed by atoms with Crippen LogP contribution in [0.25, 0.3) is 0 Å². The fourth-order valence-electron chi connectivity index (χ4n) is 1.43. The van der Waals surface area contributed by atoms with Crippen molar-refractivity contribution in [2.24, 2.45) is 0 Å². The van der Waals surface area contributed by atoms with E-state index in [0.717, 1.165) is 28.9 Å². The Bertz CT molecular complexity index is 318. The highest BCUT2D eigenvalue weighted by Crippen LogP contribution is 2.23. The van der Waals surface area contributed by atoms with E-state index in [1.807, 2.05) is 26.0 Å². The van der Waals surface area contributed by atoms with Crippen LogP contribution in [0.1, 0.15) is 23.1 Å². The Morgan fingerprint density at radius 2 is 2.08 bits per heavy atom. The Balaban J connectivity index is 2.98. The smallest absolute Gasteiger partial charge is 0.120 e. The molecule has 1 aromatic rings.